The third-order valence-corrected chi connectivity index (χ3v) is 3.18. The number of carbonyl (C=O) groups excluding carboxylic acids is 1. The Balaban J connectivity index is 1.94. The van der Waals surface area contributed by atoms with Crippen molar-refractivity contribution in [3.63, 3.8) is 0 Å². The maximum atomic E-state index is 11.8. The predicted octanol–water partition coefficient (Wildman–Crippen LogP) is 3.18. The molecule has 1 atom stereocenters. The van der Waals surface area contributed by atoms with Crippen LogP contribution >= 0.6 is 15.9 Å². The maximum Gasteiger partial charge on any atom is 0.201 e. The van der Waals surface area contributed by atoms with Crippen molar-refractivity contribution in [2.45, 2.75) is 31.8 Å². The molecule has 0 spiro atoms. The lowest BCUT2D eigenvalue weighted by Crippen LogP contribution is -2.22. The first kappa shape index (κ1) is 10.9. The summed E-state index contributed by atoms with van der Waals surface area (Å²) in [6.45, 7) is 0.775. The normalized spacial score (nSPS) is 21.5. The van der Waals surface area contributed by atoms with Gasteiger partial charge in [-0.2, -0.15) is 0 Å². The molecular weight excluding hydrogens is 260 g/mol. The van der Waals surface area contributed by atoms with E-state index in [1.807, 2.05) is 0 Å². The highest BCUT2D eigenvalue weighted by Crippen LogP contribution is 2.22. The molecule has 0 radical (unpaired) electrons. The molecule has 1 aliphatic heterocycles. The van der Waals surface area contributed by atoms with E-state index in [1.165, 1.54) is 6.26 Å². The number of rotatable bonds is 3. The second-order valence-corrected chi connectivity index (χ2v) is 4.57. The summed E-state index contributed by atoms with van der Waals surface area (Å²) < 4.78 is 11.3. The lowest BCUT2D eigenvalue weighted by Gasteiger charge is -2.21. The van der Waals surface area contributed by atoms with Gasteiger partial charge in [-0.05, 0) is 41.3 Å². The average molecular weight is 273 g/mol. The van der Waals surface area contributed by atoms with E-state index in [0.717, 1.165) is 30.3 Å². The van der Waals surface area contributed by atoms with E-state index in [4.69, 9.17) is 9.15 Å². The molecule has 3 nitrogen and oxygen atoms in total. The first-order valence-electron chi connectivity index (χ1n) is 5.15. The molecule has 82 valence electrons. The number of carbonyl (C=O) groups is 1. The van der Waals surface area contributed by atoms with Gasteiger partial charge < -0.3 is 9.15 Å². The number of Topliss-reactive ketones (excluding diaryl/α,β-unsaturated/α-hetero) is 1. The molecule has 4 heteroatoms. The maximum absolute atomic E-state index is 11.8. The largest absolute Gasteiger partial charge is 0.460 e. The minimum Gasteiger partial charge on any atom is -0.460 e. The Bertz CT molecular complexity index is 339. The Hall–Kier alpha value is -0.610. The first-order valence-corrected chi connectivity index (χ1v) is 5.94. The van der Waals surface area contributed by atoms with Crippen LogP contribution in [0.2, 0.25) is 0 Å². The molecule has 1 fully saturated rings. The van der Waals surface area contributed by atoms with Gasteiger partial charge in [0.1, 0.15) is 0 Å². The second kappa shape index (κ2) is 4.94. The predicted molar refractivity (Wildman–Crippen MR) is 58.9 cm³/mol. The van der Waals surface area contributed by atoms with Crippen LogP contribution in [-0.2, 0) is 4.74 Å². The molecule has 1 aromatic heterocycles. The van der Waals surface area contributed by atoms with Gasteiger partial charge in [0.2, 0.25) is 5.78 Å². The van der Waals surface area contributed by atoms with Crippen molar-refractivity contribution in [3.8, 4) is 0 Å². The van der Waals surface area contributed by atoms with Gasteiger partial charge >= 0.3 is 0 Å². The summed E-state index contributed by atoms with van der Waals surface area (Å²) in [6.07, 6.45) is 5.24. The summed E-state index contributed by atoms with van der Waals surface area (Å²) in [4.78, 5) is 11.8. The molecule has 1 aromatic rings. The molecule has 0 aliphatic carbocycles. The summed E-state index contributed by atoms with van der Waals surface area (Å²) in [5.74, 6) is 0.419. The Labute approximate surface area is 96.9 Å². The molecule has 15 heavy (non-hydrogen) atoms. The van der Waals surface area contributed by atoms with Crippen LogP contribution in [0.4, 0.5) is 0 Å². The van der Waals surface area contributed by atoms with E-state index in [1.54, 1.807) is 6.07 Å². The number of halogens is 1. The van der Waals surface area contributed by atoms with E-state index in [-0.39, 0.29) is 11.9 Å². The summed E-state index contributed by atoms with van der Waals surface area (Å²) in [5, 5.41) is 0. The summed E-state index contributed by atoms with van der Waals surface area (Å²) in [7, 11) is 0. The first-order chi connectivity index (χ1) is 7.27. The fourth-order valence-electron chi connectivity index (χ4n) is 1.76. The van der Waals surface area contributed by atoms with Crippen molar-refractivity contribution in [1.29, 1.82) is 0 Å². The third-order valence-electron chi connectivity index (χ3n) is 2.56. The van der Waals surface area contributed by atoms with Crippen LogP contribution in [0.25, 0.3) is 0 Å². The van der Waals surface area contributed by atoms with Gasteiger partial charge in [0.25, 0.3) is 0 Å². The highest BCUT2D eigenvalue weighted by atomic mass is 79.9. The van der Waals surface area contributed by atoms with Crippen molar-refractivity contribution < 1.29 is 13.9 Å². The Morgan fingerprint density at radius 3 is 3.00 bits per heavy atom. The van der Waals surface area contributed by atoms with Crippen LogP contribution in [-0.4, -0.2) is 18.5 Å². The minimum absolute atomic E-state index is 0.0128. The van der Waals surface area contributed by atoms with Crippen LogP contribution in [0.1, 0.15) is 36.2 Å². The van der Waals surface area contributed by atoms with Crippen LogP contribution in [0.3, 0.4) is 0 Å². The van der Waals surface area contributed by atoms with Gasteiger partial charge in [0, 0.05) is 13.0 Å². The number of hydrogen-bond donors (Lipinski definition) is 0. The quantitative estimate of drug-likeness (QED) is 0.794. The number of hydrogen-bond acceptors (Lipinski definition) is 3. The van der Waals surface area contributed by atoms with Gasteiger partial charge in [-0.25, -0.2) is 0 Å². The topological polar surface area (TPSA) is 39.4 Å². The lowest BCUT2D eigenvalue weighted by molar-refractivity contribution is 0.0123. The Morgan fingerprint density at radius 1 is 1.53 bits per heavy atom. The van der Waals surface area contributed by atoms with Crippen molar-refractivity contribution in [2.75, 3.05) is 6.61 Å². The molecule has 0 amide bonds. The van der Waals surface area contributed by atoms with E-state index < -0.39 is 0 Å². The second-order valence-electron chi connectivity index (χ2n) is 3.71. The number of ketones is 1. The number of furan rings is 1. The third kappa shape index (κ3) is 2.69. The molecule has 0 aromatic carbocycles. The number of ether oxygens (including phenoxy) is 1. The van der Waals surface area contributed by atoms with E-state index in [9.17, 15) is 4.79 Å². The zero-order valence-corrected chi connectivity index (χ0v) is 9.96. The molecule has 1 unspecified atom stereocenters. The molecule has 0 saturated carbocycles. The Kier molecular flexibility index (Phi) is 3.59. The van der Waals surface area contributed by atoms with Gasteiger partial charge in [0.05, 0.1) is 16.8 Å². The van der Waals surface area contributed by atoms with Crippen molar-refractivity contribution in [3.05, 3.63) is 22.6 Å². The van der Waals surface area contributed by atoms with Crippen LogP contribution in [0, 0.1) is 0 Å². The molecule has 2 rings (SSSR count). The summed E-state index contributed by atoms with van der Waals surface area (Å²) >= 11 is 3.28. The fraction of sp³-hybridized carbons (Fsp3) is 0.545. The highest BCUT2D eigenvalue weighted by molar-refractivity contribution is 9.10. The van der Waals surface area contributed by atoms with Crippen LogP contribution in [0.15, 0.2) is 21.2 Å². The van der Waals surface area contributed by atoms with Gasteiger partial charge in [-0.3, -0.25) is 4.79 Å². The van der Waals surface area contributed by atoms with Gasteiger partial charge in [0.15, 0.2) is 5.76 Å². The minimum atomic E-state index is 0.0128. The molecule has 2 heterocycles. The summed E-state index contributed by atoms with van der Waals surface area (Å²) in [5.41, 5.74) is 0. The van der Waals surface area contributed by atoms with E-state index >= 15 is 0 Å². The van der Waals surface area contributed by atoms with Crippen molar-refractivity contribution in [1.82, 2.24) is 0 Å². The molecule has 0 N–H and O–H groups in total. The molecule has 0 bridgehead atoms. The van der Waals surface area contributed by atoms with Crippen LogP contribution in [0.5, 0.6) is 0 Å². The molecule has 1 aliphatic rings. The lowest BCUT2D eigenvalue weighted by atomic mass is 10.0. The van der Waals surface area contributed by atoms with Crippen molar-refractivity contribution >= 4 is 21.7 Å². The van der Waals surface area contributed by atoms with Gasteiger partial charge in [-0.1, -0.05) is 0 Å². The summed E-state index contributed by atoms with van der Waals surface area (Å²) in [6, 6.07) is 1.73. The molecular formula is C11H13BrO3. The monoisotopic (exact) mass is 272 g/mol. The fourth-order valence-corrected chi connectivity index (χ4v) is 2.18. The SMILES string of the molecule is O=C(CC1CCCCO1)c1occc1Br. The van der Waals surface area contributed by atoms with E-state index in [2.05, 4.69) is 15.9 Å². The van der Waals surface area contributed by atoms with Crippen molar-refractivity contribution in [2.24, 2.45) is 0 Å². The van der Waals surface area contributed by atoms with E-state index in [0.29, 0.717) is 12.2 Å². The Morgan fingerprint density at radius 2 is 2.40 bits per heavy atom. The highest BCUT2D eigenvalue weighted by Gasteiger charge is 2.21. The average Bonchev–Trinajstić information content (AvgIpc) is 2.66. The smallest absolute Gasteiger partial charge is 0.201 e. The van der Waals surface area contributed by atoms with Crippen LogP contribution < -0.4 is 0 Å². The zero-order valence-electron chi connectivity index (χ0n) is 8.37. The zero-order chi connectivity index (χ0) is 10.7. The van der Waals surface area contributed by atoms with Gasteiger partial charge in [-0.15, -0.1) is 0 Å². The molecule has 1 saturated heterocycles. The standard InChI is InChI=1S/C11H13BrO3/c12-9-4-6-15-11(9)10(13)7-8-3-1-2-5-14-8/h4,6,8H,1-3,5,7H2.